The van der Waals surface area contributed by atoms with Gasteiger partial charge in [0.25, 0.3) is 0 Å². The van der Waals surface area contributed by atoms with Crippen LogP contribution in [0.4, 0.5) is 5.82 Å². The van der Waals surface area contributed by atoms with Gasteiger partial charge in [0, 0.05) is 24.8 Å². The molecule has 0 aliphatic carbocycles. The van der Waals surface area contributed by atoms with Crippen molar-refractivity contribution < 1.29 is 19.4 Å². The molecule has 2 saturated heterocycles. The summed E-state index contributed by atoms with van der Waals surface area (Å²) in [6, 6.07) is 5.28. The molecule has 1 aromatic carbocycles. The van der Waals surface area contributed by atoms with Crippen molar-refractivity contribution in [3.63, 3.8) is 0 Å². The summed E-state index contributed by atoms with van der Waals surface area (Å²) in [7, 11) is 0. The number of halogens is 1. The van der Waals surface area contributed by atoms with Gasteiger partial charge in [0.1, 0.15) is 12.4 Å². The molecule has 1 atom stereocenters. The third-order valence-corrected chi connectivity index (χ3v) is 7.39. The number of β-amino-alcohol motifs (C(OH)–C–C–N with tert-alkyl or cyclic N) is 1. The van der Waals surface area contributed by atoms with Gasteiger partial charge in [-0.1, -0.05) is 6.07 Å². The summed E-state index contributed by atoms with van der Waals surface area (Å²) in [5, 5.41) is 11.0. The number of rotatable bonds is 4. The minimum Gasteiger partial charge on any atom is -0.457 e. The zero-order chi connectivity index (χ0) is 22.5. The van der Waals surface area contributed by atoms with Crippen molar-refractivity contribution >= 4 is 29.3 Å². The van der Waals surface area contributed by atoms with Gasteiger partial charge in [-0.2, -0.15) is 0 Å². The van der Waals surface area contributed by atoms with Crippen LogP contribution in [-0.4, -0.2) is 58.0 Å². The first-order chi connectivity index (χ1) is 15.4. The molecule has 0 radical (unpaired) electrons. The largest absolute Gasteiger partial charge is 0.457 e. The van der Waals surface area contributed by atoms with Crippen molar-refractivity contribution in [1.29, 1.82) is 0 Å². The van der Waals surface area contributed by atoms with E-state index >= 15 is 0 Å². The summed E-state index contributed by atoms with van der Waals surface area (Å²) in [6.07, 6.45) is 3.19. The van der Waals surface area contributed by atoms with E-state index in [1.165, 1.54) is 0 Å². The summed E-state index contributed by atoms with van der Waals surface area (Å²) < 4.78 is 5.12. The molecule has 4 heterocycles. The van der Waals surface area contributed by atoms with Crippen LogP contribution < -0.4 is 4.90 Å². The second-order valence-corrected chi connectivity index (χ2v) is 9.21. The molecule has 0 bridgehead atoms. The Hall–Kier alpha value is -2.55. The van der Waals surface area contributed by atoms with E-state index in [9.17, 15) is 14.7 Å². The van der Waals surface area contributed by atoms with Crippen LogP contribution in [0.5, 0.6) is 0 Å². The summed E-state index contributed by atoms with van der Waals surface area (Å²) >= 11 is 5.90. The Morgan fingerprint density at radius 2 is 1.94 bits per heavy atom. The van der Waals surface area contributed by atoms with Gasteiger partial charge in [-0.3, -0.25) is 9.69 Å². The number of anilines is 1. The number of aliphatic hydroxyl groups is 1. The fourth-order valence-corrected chi connectivity index (χ4v) is 5.36. The van der Waals surface area contributed by atoms with E-state index in [1.807, 2.05) is 13.0 Å². The molecule has 1 unspecified atom stereocenters. The molecule has 2 aromatic rings. The maximum atomic E-state index is 13.2. The SMILES string of the molecule is Cc1c(C(O)CN2CCC3(CC2)CCN(c2ccnc(Cl)n2)C3=O)ccc2c1COC2=O. The monoisotopic (exact) mass is 456 g/mol. The highest BCUT2D eigenvalue weighted by molar-refractivity contribution is 6.28. The van der Waals surface area contributed by atoms with E-state index in [0.717, 1.165) is 49.0 Å². The minimum atomic E-state index is -0.663. The number of nitrogens with zero attached hydrogens (tertiary/aromatic N) is 4. The average Bonchev–Trinajstić information content (AvgIpc) is 3.31. The molecule has 2 fully saturated rings. The van der Waals surface area contributed by atoms with Crippen molar-refractivity contribution in [3.8, 4) is 0 Å². The van der Waals surface area contributed by atoms with Crippen LogP contribution in [0.2, 0.25) is 5.28 Å². The Bertz CT molecular complexity index is 1080. The van der Waals surface area contributed by atoms with Crippen molar-refractivity contribution in [2.24, 2.45) is 5.41 Å². The molecule has 1 amide bonds. The topological polar surface area (TPSA) is 95.9 Å². The molecule has 8 nitrogen and oxygen atoms in total. The van der Waals surface area contributed by atoms with Crippen LogP contribution in [0.3, 0.4) is 0 Å². The standard InChI is InChI=1S/C23H25ClN4O4/c1-14-15(2-3-16-17(14)13-32-20(16)30)18(29)12-27-9-5-23(6-10-27)7-11-28(21(23)31)19-4-8-25-22(24)26-19/h2-4,8,18,29H,5-7,9-13H2,1H3. The first kappa shape index (κ1) is 21.3. The van der Waals surface area contributed by atoms with Gasteiger partial charge in [-0.25, -0.2) is 14.8 Å². The Labute approximate surface area is 191 Å². The summed E-state index contributed by atoms with van der Waals surface area (Å²) in [6.45, 7) is 4.80. The van der Waals surface area contributed by atoms with Gasteiger partial charge in [-0.15, -0.1) is 0 Å². The van der Waals surface area contributed by atoms with Crippen LogP contribution in [0.1, 0.15) is 52.4 Å². The number of hydrogen-bond acceptors (Lipinski definition) is 7. The molecule has 32 heavy (non-hydrogen) atoms. The lowest BCUT2D eigenvalue weighted by atomic mass is 9.77. The van der Waals surface area contributed by atoms with E-state index in [2.05, 4.69) is 14.9 Å². The number of ether oxygens (including phenoxy) is 1. The van der Waals surface area contributed by atoms with Crippen LogP contribution in [0.15, 0.2) is 24.4 Å². The highest BCUT2D eigenvalue weighted by Crippen LogP contribution is 2.43. The molecule has 9 heteroatoms. The molecule has 3 aliphatic rings. The van der Waals surface area contributed by atoms with Crippen molar-refractivity contribution in [1.82, 2.24) is 14.9 Å². The second kappa shape index (κ2) is 8.10. The van der Waals surface area contributed by atoms with Crippen molar-refractivity contribution in [3.05, 3.63) is 51.9 Å². The lowest BCUT2D eigenvalue weighted by Crippen LogP contribution is -2.45. The number of carbonyl (C=O) groups is 2. The van der Waals surface area contributed by atoms with E-state index in [0.29, 0.717) is 24.5 Å². The van der Waals surface area contributed by atoms with E-state index in [-0.39, 0.29) is 29.2 Å². The number of aliphatic hydroxyl groups excluding tert-OH is 1. The predicted octanol–water partition coefficient (Wildman–Crippen LogP) is 2.66. The Kier molecular flexibility index (Phi) is 5.39. The first-order valence-electron chi connectivity index (χ1n) is 10.9. The number of piperidine rings is 1. The molecular weight excluding hydrogens is 432 g/mol. The molecular formula is C23H25ClN4O4. The van der Waals surface area contributed by atoms with Gasteiger partial charge in [-0.05, 0) is 74.1 Å². The third kappa shape index (κ3) is 3.56. The molecule has 1 spiro atoms. The predicted molar refractivity (Wildman–Crippen MR) is 117 cm³/mol. The van der Waals surface area contributed by atoms with Crippen LogP contribution in [-0.2, 0) is 16.1 Å². The third-order valence-electron chi connectivity index (χ3n) is 7.21. The fourth-order valence-electron chi connectivity index (χ4n) is 5.21. The molecule has 1 N–H and O–H groups in total. The van der Waals surface area contributed by atoms with Gasteiger partial charge in [0.05, 0.1) is 17.1 Å². The maximum Gasteiger partial charge on any atom is 0.338 e. The number of cyclic esters (lactones) is 1. The van der Waals surface area contributed by atoms with Gasteiger partial charge >= 0.3 is 5.97 Å². The lowest BCUT2D eigenvalue weighted by molar-refractivity contribution is -0.128. The van der Waals surface area contributed by atoms with Crippen LogP contribution in [0, 0.1) is 12.3 Å². The van der Waals surface area contributed by atoms with E-state index in [4.69, 9.17) is 16.3 Å². The normalized spacial score (nSPS) is 21.2. The Balaban J connectivity index is 1.23. The van der Waals surface area contributed by atoms with Crippen molar-refractivity contribution in [2.75, 3.05) is 31.1 Å². The second-order valence-electron chi connectivity index (χ2n) is 8.87. The number of benzene rings is 1. The first-order valence-corrected chi connectivity index (χ1v) is 11.3. The van der Waals surface area contributed by atoms with Crippen LogP contribution >= 0.6 is 11.6 Å². The number of aromatic nitrogens is 2. The quantitative estimate of drug-likeness (QED) is 0.558. The Morgan fingerprint density at radius 1 is 1.19 bits per heavy atom. The summed E-state index contributed by atoms with van der Waals surface area (Å²) in [5.41, 5.74) is 2.82. The summed E-state index contributed by atoms with van der Waals surface area (Å²) in [4.78, 5) is 37.0. The van der Waals surface area contributed by atoms with Crippen molar-refractivity contribution in [2.45, 2.75) is 38.9 Å². The molecule has 0 saturated carbocycles. The Morgan fingerprint density at radius 3 is 2.69 bits per heavy atom. The summed E-state index contributed by atoms with van der Waals surface area (Å²) in [5.74, 6) is 0.357. The van der Waals surface area contributed by atoms with Gasteiger partial charge in [0.2, 0.25) is 11.2 Å². The molecule has 3 aliphatic heterocycles. The zero-order valence-electron chi connectivity index (χ0n) is 17.9. The lowest BCUT2D eigenvalue weighted by Gasteiger charge is -2.38. The van der Waals surface area contributed by atoms with Gasteiger partial charge in [0.15, 0.2) is 0 Å². The number of fused-ring (bicyclic) bond motifs is 1. The molecule has 1 aromatic heterocycles. The number of esters is 1. The maximum absolute atomic E-state index is 13.2. The van der Waals surface area contributed by atoms with Gasteiger partial charge < -0.3 is 14.7 Å². The zero-order valence-corrected chi connectivity index (χ0v) is 18.6. The number of likely N-dealkylation sites (tertiary alicyclic amines) is 1. The fraction of sp³-hybridized carbons (Fsp3) is 0.478. The number of carbonyl (C=O) groups excluding carboxylic acids is 2. The number of hydrogen-bond donors (Lipinski definition) is 1. The highest BCUT2D eigenvalue weighted by Gasteiger charge is 2.49. The van der Waals surface area contributed by atoms with Crippen LogP contribution in [0.25, 0.3) is 0 Å². The molecule has 168 valence electrons. The number of amides is 1. The van der Waals surface area contributed by atoms with E-state index in [1.54, 1.807) is 23.2 Å². The van der Waals surface area contributed by atoms with E-state index < -0.39 is 6.10 Å². The molecule has 5 rings (SSSR count). The smallest absolute Gasteiger partial charge is 0.338 e. The average molecular weight is 457 g/mol. The minimum absolute atomic E-state index is 0.103. The highest BCUT2D eigenvalue weighted by atomic mass is 35.5.